The van der Waals surface area contributed by atoms with Crippen LogP contribution in [0.2, 0.25) is 0 Å². The molecule has 7 heteroatoms. The molecule has 2 saturated carbocycles. The minimum absolute atomic E-state index is 0. The zero-order valence-electron chi connectivity index (χ0n) is 16.5. The third-order valence-corrected chi connectivity index (χ3v) is 6.13. The van der Waals surface area contributed by atoms with Crippen molar-refractivity contribution in [1.29, 1.82) is 0 Å². The zero-order valence-corrected chi connectivity index (χ0v) is 18.8. The highest BCUT2D eigenvalue weighted by Gasteiger charge is 2.56. The van der Waals surface area contributed by atoms with Crippen LogP contribution in [0.5, 0.6) is 0 Å². The Morgan fingerprint density at radius 2 is 1.96 bits per heavy atom. The molecule has 0 aromatic rings. The molecule has 3 rings (SSSR count). The van der Waals surface area contributed by atoms with Crippen LogP contribution in [0.1, 0.15) is 46.0 Å². The number of nitrogens with one attached hydrogen (secondary N) is 2. The third-order valence-electron chi connectivity index (χ3n) is 6.13. The summed E-state index contributed by atoms with van der Waals surface area (Å²) in [6, 6.07) is 0.507. The lowest BCUT2D eigenvalue weighted by molar-refractivity contribution is -0.125. The molecule has 0 aromatic heterocycles. The first kappa shape index (κ1) is 22.2. The van der Waals surface area contributed by atoms with Gasteiger partial charge in [0, 0.05) is 44.2 Å². The average Bonchev–Trinajstić information content (AvgIpc) is 3.15. The molecule has 0 bridgehead atoms. The summed E-state index contributed by atoms with van der Waals surface area (Å²) in [6.45, 7) is 11.6. The van der Waals surface area contributed by atoms with Crippen molar-refractivity contribution >= 4 is 29.9 Å². The van der Waals surface area contributed by atoms with Crippen molar-refractivity contribution in [3.05, 3.63) is 0 Å². The van der Waals surface area contributed by atoms with Gasteiger partial charge in [0.15, 0.2) is 5.96 Å². The monoisotopic (exact) mass is 480 g/mol. The number of hydrogen-bond acceptors (Lipinski definition) is 4. The van der Waals surface area contributed by atoms with Gasteiger partial charge in [0.2, 0.25) is 0 Å². The van der Waals surface area contributed by atoms with E-state index in [2.05, 4.69) is 29.4 Å². The molecule has 0 radical (unpaired) electrons. The van der Waals surface area contributed by atoms with Crippen LogP contribution in [0.15, 0.2) is 4.99 Å². The van der Waals surface area contributed by atoms with E-state index >= 15 is 0 Å². The van der Waals surface area contributed by atoms with Crippen molar-refractivity contribution in [3.63, 3.8) is 0 Å². The summed E-state index contributed by atoms with van der Waals surface area (Å²) in [5.74, 6) is 0.974. The predicted octanol–water partition coefficient (Wildman–Crippen LogP) is 2.23. The molecule has 1 spiro atoms. The second-order valence-corrected chi connectivity index (χ2v) is 7.53. The zero-order chi connectivity index (χ0) is 17.5. The Morgan fingerprint density at radius 1 is 1.23 bits per heavy atom. The topological polar surface area (TPSA) is 58.1 Å². The van der Waals surface area contributed by atoms with Crippen molar-refractivity contribution in [3.8, 4) is 0 Å². The standard InChI is InChI=1S/C19H36N4O2.HI/c1-3-20-18(21-9-10-23-11-13-24-14-12-23)22-16-15-17(25-4-2)19(16)7-5-6-8-19;/h16-17H,3-15H2,1-2H3,(H2,20,21,22);1H. The number of halogens is 1. The largest absolute Gasteiger partial charge is 0.379 e. The first-order valence-electron chi connectivity index (χ1n) is 10.2. The molecular weight excluding hydrogens is 443 g/mol. The van der Waals surface area contributed by atoms with Crippen molar-refractivity contribution in [2.24, 2.45) is 10.4 Å². The van der Waals surface area contributed by atoms with E-state index < -0.39 is 0 Å². The number of morpholine rings is 1. The van der Waals surface area contributed by atoms with Gasteiger partial charge in [0.1, 0.15) is 0 Å². The Bertz CT molecular complexity index is 437. The van der Waals surface area contributed by atoms with Crippen LogP contribution in [0.3, 0.4) is 0 Å². The number of hydrogen-bond donors (Lipinski definition) is 2. The number of guanidine groups is 1. The van der Waals surface area contributed by atoms with Gasteiger partial charge < -0.3 is 20.1 Å². The van der Waals surface area contributed by atoms with Crippen LogP contribution in [-0.4, -0.2) is 75.5 Å². The molecule has 2 N–H and O–H groups in total. The van der Waals surface area contributed by atoms with E-state index in [1.54, 1.807) is 0 Å². The van der Waals surface area contributed by atoms with Crippen molar-refractivity contribution in [2.45, 2.75) is 58.1 Å². The minimum atomic E-state index is 0. The van der Waals surface area contributed by atoms with E-state index in [9.17, 15) is 0 Å². The minimum Gasteiger partial charge on any atom is -0.379 e. The van der Waals surface area contributed by atoms with Gasteiger partial charge in [-0.15, -0.1) is 24.0 Å². The molecule has 26 heavy (non-hydrogen) atoms. The maximum absolute atomic E-state index is 6.03. The van der Waals surface area contributed by atoms with Crippen LogP contribution >= 0.6 is 24.0 Å². The van der Waals surface area contributed by atoms with Crippen LogP contribution in [0.4, 0.5) is 0 Å². The second-order valence-electron chi connectivity index (χ2n) is 7.53. The van der Waals surface area contributed by atoms with Gasteiger partial charge in [-0.3, -0.25) is 9.89 Å². The summed E-state index contributed by atoms with van der Waals surface area (Å²) >= 11 is 0. The maximum Gasteiger partial charge on any atom is 0.191 e. The molecule has 0 amide bonds. The first-order valence-corrected chi connectivity index (χ1v) is 10.2. The smallest absolute Gasteiger partial charge is 0.191 e. The molecule has 2 aliphatic carbocycles. The Labute approximate surface area is 175 Å². The highest BCUT2D eigenvalue weighted by Crippen LogP contribution is 2.54. The van der Waals surface area contributed by atoms with E-state index in [0.717, 1.165) is 64.9 Å². The van der Waals surface area contributed by atoms with Crippen molar-refractivity contribution < 1.29 is 9.47 Å². The number of ether oxygens (including phenoxy) is 2. The van der Waals surface area contributed by atoms with Crippen molar-refractivity contribution in [1.82, 2.24) is 15.5 Å². The fourth-order valence-electron chi connectivity index (χ4n) is 4.70. The lowest BCUT2D eigenvalue weighted by Gasteiger charge is -2.54. The summed E-state index contributed by atoms with van der Waals surface area (Å²) < 4.78 is 11.4. The lowest BCUT2D eigenvalue weighted by Crippen LogP contribution is -2.65. The second kappa shape index (κ2) is 11.0. The summed E-state index contributed by atoms with van der Waals surface area (Å²) in [5.41, 5.74) is 0.344. The van der Waals surface area contributed by atoms with Crippen molar-refractivity contribution in [2.75, 3.05) is 52.5 Å². The van der Waals surface area contributed by atoms with Gasteiger partial charge in [0.05, 0.1) is 25.9 Å². The van der Waals surface area contributed by atoms with Crippen LogP contribution < -0.4 is 10.6 Å². The molecule has 6 nitrogen and oxygen atoms in total. The Hall–Kier alpha value is -0.120. The summed E-state index contributed by atoms with van der Waals surface area (Å²) in [6.07, 6.45) is 6.82. The van der Waals surface area contributed by atoms with Crippen LogP contribution in [-0.2, 0) is 9.47 Å². The summed E-state index contributed by atoms with van der Waals surface area (Å²) in [5, 5.41) is 7.16. The van der Waals surface area contributed by atoms with E-state index in [4.69, 9.17) is 14.5 Å². The predicted molar refractivity (Wildman–Crippen MR) is 117 cm³/mol. The van der Waals surface area contributed by atoms with E-state index in [-0.39, 0.29) is 24.0 Å². The number of aliphatic imine (C=N–C) groups is 1. The lowest BCUT2D eigenvalue weighted by atomic mass is 9.60. The van der Waals surface area contributed by atoms with Gasteiger partial charge in [-0.2, -0.15) is 0 Å². The van der Waals surface area contributed by atoms with Gasteiger partial charge in [-0.25, -0.2) is 0 Å². The molecule has 152 valence electrons. The quantitative estimate of drug-likeness (QED) is 0.333. The molecule has 2 unspecified atom stereocenters. The molecule has 3 fully saturated rings. The van der Waals surface area contributed by atoms with E-state index in [1.165, 1.54) is 25.7 Å². The molecule has 3 aliphatic rings. The summed E-state index contributed by atoms with van der Waals surface area (Å²) in [4.78, 5) is 7.26. The average molecular weight is 480 g/mol. The molecule has 0 aromatic carbocycles. The normalized spacial score (nSPS) is 28.5. The Balaban J connectivity index is 0.00000243. The fraction of sp³-hybridized carbons (Fsp3) is 0.947. The van der Waals surface area contributed by atoms with E-state index in [1.807, 2.05) is 0 Å². The number of nitrogens with zero attached hydrogens (tertiary/aromatic N) is 2. The van der Waals surface area contributed by atoms with Gasteiger partial charge in [0.25, 0.3) is 0 Å². The van der Waals surface area contributed by atoms with Crippen LogP contribution in [0, 0.1) is 5.41 Å². The first-order chi connectivity index (χ1) is 12.3. The number of rotatable bonds is 7. The maximum atomic E-state index is 6.03. The molecule has 1 saturated heterocycles. The Kier molecular flexibility index (Phi) is 9.40. The summed E-state index contributed by atoms with van der Waals surface area (Å²) in [7, 11) is 0. The highest BCUT2D eigenvalue weighted by atomic mass is 127. The van der Waals surface area contributed by atoms with Gasteiger partial charge in [-0.05, 0) is 33.1 Å². The third kappa shape index (κ3) is 5.23. The highest BCUT2D eigenvalue weighted by molar-refractivity contribution is 14.0. The van der Waals surface area contributed by atoms with Gasteiger partial charge in [-0.1, -0.05) is 12.8 Å². The molecule has 2 atom stereocenters. The van der Waals surface area contributed by atoms with E-state index in [0.29, 0.717) is 17.6 Å². The molecular formula is C19H37IN4O2. The van der Waals surface area contributed by atoms with Gasteiger partial charge >= 0.3 is 0 Å². The SMILES string of the molecule is CCNC(=NCCN1CCOCC1)NC1CC(OCC)C12CCCC2.I. The fourth-order valence-corrected chi connectivity index (χ4v) is 4.70. The molecule has 1 heterocycles. The Morgan fingerprint density at radius 3 is 2.62 bits per heavy atom. The molecule has 1 aliphatic heterocycles. The van der Waals surface area contributed by atoms with Crippen LogP contribution in [0.25, 0.3) is 0 Å².